The molecule has 0 aliphatic carbocycles. The standard InChI is InChI=1S/C15H16ClN3O3/c1-21-14(20)10-6-8-19(9-7-10)15-17-13(18-22-15)11-4-2-3-5-12(11)16/h2-5,10H,6-9H2,1H3. The molecule has 116 valence electrons. The number of methoxy groups -OCH3 is 1. The van der Waals surface area contributed by atoms with Crippen LogP contribution in [0.5, 0.6) is 0 Å². The normalized spacial score (nSPS) is 15.8. The van der Waals surface area contributed by atoms with E-state index in [1.165, 1.54) is 7.11 Å². The summed E-state index contributed by atoms with van der Waals surface area (Å²) in [5, 5.41) is 4.57. The van der Waals surface area contributed by atoms with Crippen LogP contribution < -0.4 is 4.90 Å². The van der Waals surface area contributed by atoms with Gasteiger partial charge in [-0.3, -0.25) is 4.79 Å². The van der Waals surface area contributed by atoms with Crippen LogP contribution in [0.15, 0.2) is 28.8 Å². The zero-order valence-corrected chi connectivity index (χ0v) is 12.9. The molecule has 1 fully saturated rings. The highest BCUT2D eigenvalue weighted by atomic mass is 35.5. The minimum Gasteiger partial charge on any atom is -0.469 e. The minimum absolute atomic E-state index is 0.0489. The number of rotatable bonds is 3. The van der Waals surface area contributed by atoms with E-state index in [9.17, 15) is 4.79 Å². The molecule has 0 bridgehead atoms. The Morgan fingerprint density at radius 1 is 1.36 bits per heavy atom. The van der Waals surface area contributed by atoms with Crippen molar-refractivity contribution in [1.82, 2.24) is 10.1 Å². The molecule has 0 unspecified atom stereocenters. The molecule has 2 heterocycles. The SMILES string of the molecule is COC(=O)C1CCN(c2nc(-c3ccccc3Cl)no2)CC1. The van der Waals surface area contributed by atoms with Gasteiger partial charge in [0.2, 0.25) is 5.82 Å². The zero-order chi connectivity index (χ0) is 15.5. The Kier molecular flexibility index (Phi) is 4.29. The van der Waals surface area contributed by atoms with Gasteiger partial charge in [-0.15, -0.1) is 0 Å². The minimum atomic E-state index is -0.151. The Bertz CT molecular complexity index is 666. The second-order valence-electron chi connectivity index (χ2n) is 5.16. The van der Waals surface area contributed by atoms with Crippen LogP contribution >= 0.6 is 11.6 Å². The Hall–Kier alpha value is -2.08. The zero-order valence-electron chi connectivity index (χ0n) is 12.2. The summed E-state index contributed by atoms with van der Waals surface area (Å²) in [5.74, 6) is 0.268. The lowest BCUT2D eigenvalue weighted by atomic mass is 9.97. The van der Waals surface area contributed by atoms with E-state index >= 15 is 0 Å². The second-order valence-corrected chi connectivity index (χ2v) is 5.57. The van der Waals surface area contributed by atoms with Gasteiger partial charge in [0.15, 0.2) is 0 Å². The molecule has 0 spiro atoms. The summed E-state index contributed by atoms with van der Waals surface area (Å²) in [5.41, 5.74) is 0.739. The molecule has 0 saturated carbocycles. The van der Waals surface area contributed by atoms with Crippen LogP contribution in [0.1, 0.15) is 12.8 Å². The highest BCUT2D eigenvalue weighted by Gasteiger charge is 2.28. The van der Waals surface area contributed by atoms with Crippen molar-refractivity contribution >= 4 is 23.6 Å². The van der Waals surface area contributed by atoms with E-state index in [-0.39, 0.29) is 11.9 Å². The lowest BCUT2D eigenvalue weighted by Gasteiger charge is -2.28. The molecule has 7 heteroatoms. The summed E-state index contributed by atoms with van der Waals surface area (Å²) in [4.78, 5) is 17.9. The third-order valence-electron chi connectivity index (χ3n) is 3.83. The van der Waals surface area contributed by atoms with Crippen molar-refractivity contribution in [2.75, 3.05) is 25.1 Å². The van der Waals surface area contributed by atoms with Crippen LogP contribution in [0.4, 0.5) is 6.01 Å². The monoisotopic (exact) mass is 321 g/mol. The summed E-state index contributed by atoms with van der Waals surface area (Å²) in [6.07, 6.45) is 1.44. The average Bonchev–Trinajstić information content (AvgIpc) is 3.04. The first-order valence-corrected chi connectivity index (χ1v) is 7.48. The van der Waals surface area contributed by atoms with Gasteiger partial charge in [-0.1, -0.05) is 28.9 Å². The van der Waals surface area contributed by atoms with Crippen molar-refractivity contribution in [3.05, 3.63) is 29.3 Å². The first kappa shape index (κ1) is 14.8. The maximum absolute atomic E-state index is 11.5. The molecular formula is C15H16ClN3O3. The van der Waals surface area contributed by atoms with E-state index in [0.29, 0.717) is 30.0 Å². The summed E-state index contributed by atoms with van der Waals surface area (Å²) in [6.45, 7) is 1.37. The molecular weight excluding hydrogens is 306 g/mol. The summed E-state index contributed by atoms with van der Waals surface area (Å²) in [6, 6.07) is 7.82. The predicted molar refractivity (Wildman–Crippen MR) is 81.7 cm³/mol. The van der Waals surface area contributed by atoms with Crippen molar-refractivity contribution < 1.29 is 14.1 Å². The molecule has 1 saturated heterocycles. The number of anilines is 1. The molecule has 0 N–H and O–H groups in total. The number of benzene rings is 1. The average molecular weight is 322 g/mol. The lowest BCUT2D eigenvalue weighted by Crippen LogP contribution is -2.36. The molecule has 0 amide bonds. The van der Waals surface area contributed by atoms with Crippen molar-refractivity contribution in [1.29, 1.82) is 0 Å². The number of piperidine rings is 1. The maximum Gasteiger partial charge on any atom is 0.324 e. The summed E-state index contributed by atoms with van der Waals surface area (Å²) in [7, 11) is 1.42. The van der Waals surface area contributed by atoms with Crippen LogP contribution in [0.25, 0.3) is 11.4 Å². The number of hydrogen-bond donors (Lipinski definition) is 0. The van der Waals surface area contributed by atoms with Crippen molar-refractivity contribution in [2.45, 2.75) is 12.8 Å². The van der Waals surface area contributed by atoms with E-state index in [2.05, 4.69) is 10.1 Å². The van der Waals surface area contributed by atoms with Gasteiger partial charge in [0, 0.05) is 18.7 Å². The third kappa shape index (κ3) is 2.92. The van der Waals surface area contributed by atoms with Crippen molar-refractivity contribution in [3.8, 4) is 11.4 Å². The van der Waals surface area contributed by atoms with Crippen LogP contribution in [0.3, 0.4) is 0 Å². The van der Waals surface area contributed by atoms with Gasteiger partial charge in [0.05, 0.1) is 18.1 Å². The van der Waals surface area contributed by atoms with E-state index in [1.54, 1.807) is 6.07 Å². The van der Waals surface area contributed by atoms with Crippen LogP contribution in [0.2, 0.25) is 5.02 Å². The molecule has 1 aliphatic heterocycles. The third-order valence-corrected chi connectivity index (χ3v) is 4.16. The Morgan fingerprint density at radius 2 is 2.09 bits per heavy atom. The fourth-order valence-corrected chi connectivity index (χ4v) is 2.79. The molecule has 1 aliphatic rings. The molecule has 3 rings (SSSR count). The molecule has 6 nitrogen and oxygen atoms in total. The van der Waals surface area contributed by atoms with E-state index in [0.717, 1.165) is 18.4 Å². The molecule has 1 aromatic heterocycles. The number of carbonyl (C=O) groups is 1. The number of ether oxygens (including phenoxy) is 1. The van der Waals surface area contributed by atoms with Gasteiger partial charge >= 0.3 is 12.0 Å². The van der Waals surface area contributed by atoms with Gasteiger partial charge in [0.1, 0.15) is 0 Å². The molecule has 1 aromatic carbocycles. The van der Waals surface area contributed by atoms with Crippen molar-refractivity contribution in [3.63, 3.8) is 0 Å². The first-order valence-electron chi connectivity index (χ1n) is 7.10. The number of aromatic nitrogens is 2. The summed E-state index contributed by atoms with van der Waals surface area (Å²) >= 11 is 6.14. The fourth-order valence-electron chi connectivity index (χ4n) is 2.57. The number of nitrogens with zero attached hydrogens (tertiary/aromatic N) is 3. The van der Waals surface area contributed by atoms with Crippen LogP contribution in [0, 0.1) is 5.92 Å². The number of esters is 1. The van der Waals surface area contributed by atoms with Crippen LogP contribution in [-0.4, -0.2) is 36.3 Å². The highest BCUT2D eigenvalue weighted by Crippen LogP contribution is 2.28. The van der Waals surface area contributed by atoms with Crippen molar-refractivity contribution in [2.24, 2.45) is 5.92 Å². The quantitative estimate of drug-likeness (QED) is 0.810. The molecule has 0 atom stereocenters. The maximum atomic E-state index is 11.5. The molecule has 0 radical (unpaired) electrons. The lowest BCUT2D eigenvalue weighted by molar-refractivity contribution is -0.146. The van der Waals surface area contributed by atoms with Crippen LogP contribution in [-0.2, 0) is 9.53 Å². The van der Waals surface area contributed by atoms with Gasteiger partial charge in [-0.2, -0.15) is 4.98 Å². The second kappa shape index (κ2) is 6.36. The van der Waals surface area contributed by atoms with Gasteiger partial charge in [0.25, 0.3) is 0 Å². The molecule has 2 aromatic rings. The fraction of sp³-hybridized carbons (Fsp3) is 0.400. The Labute approximate surface area is 133 Å². The predicted octanol–water partition coefficient (Wildman–Crippen LogP) is 2.78. The Morgan fingerprint density at radius 3 is 2.77 bits per heavy atom. The number of hydrogen-bond acceptors (Lipinski definition) is 6. The van der Waals surface area contributed by atoms with Gasteiger partial charge in [-0.05, 0) is 25.0 Å². The summed E-state index contributed by atoms with van der Waals surface area (Å²) < 4.78 is 10.1. The van der Waals surface area contributed by atoms with E-state index in [1.807, 2.05) is 23.1 Å². The smallest absolute Gasteiger partial charge is 0.324 e. The number of halogens is 1. The first-order chi connectivity index (χ1) is 10.7. The highest BCUT2D eigenvalue weighted by molar-refractivity contribution is 6.33. The van der Waals surface area contributed by atoms with Gasteiger partial charge in [-0.25, -0.2) is 0 Å². The van der Waals surface area contributed by atoms with Gasteiger partial charge < -0.3 is 14.2 Å². The topological polar surface area (TPSA) is 68.5 Å². The Balaban J connectivity index is 1.71. The largest absolute Gasteiger partial charge is 0.469 e. The van der Waals surface area contributed by atoms with E-state index < -0.39 is 0 Å². The van der Waals surface area contributed by atoms with E-state index in [4.69, 9.17) is 20.9 Å². The number of carbonyl (C=O) groups excluding carboxylic acids is 1. The molecule has 22 heavy (non-hydrogen) atoms.